The Hall–Kier alpha value is -2.66. The Morgan fingerprint density at radius 2 is 1.67 bits per heavy atom. The molecule has 0 saturated carbocycles. The lowest BCUT2D eigenvalue weighted by atomic mass is 10.0. The minimum absolute atomic E-state index is 0.0726. The Kier molecular flexibility index (Phi) is 6.48. The predicted molar refractivity (Wildman–Crippen MR) is 118 cm³/mol. The average Bonchev–Trinajstić information content (AvgIpc) is 3.03. The van der Waals surface area contributed by atoms with Crippen LogP contribution in [0, 0.1) is 11.6 Å². The van der Waals surface area contributed by atoms with Gasteiger partial charge in [0, 0.05) is 29.7 Å². The maximum atomic E-state index is 14.1. The third-order valence-electron chi connectivity index (χ3n) is 5.42. The van der Waals surface area contributed by atoms with E-state index in [-0.39, 0.29) is 17.0 Å². The lowest BCUT2D eigenvalue weighted by Crippen LogP contribution is -2.34. The molecule has 0 radical (unpaired) electrons. The topological polar surface area (TPSA) is 20.3 Å². The van der Waals surface area contributed by atoms with Gasteiger partial charge in [-0.2, -0.15) is 11.8 Å². The molecule has 1 amide bonds. The molecule has 1 saturated heterocycles. The third-order valence-corrected chi connectivity index (χ3v) is 6.73. The van der Waals surface area contributed by atoms with E-state index in [1.807, 2.05) is 47.4 Å². The van der Waals surface area contributed by atoms with Crippen LogP contribution in [0.3, 0.4) is 0 Å². The Morgan fingerprint density at radius 3 is 2.43 bits per heavy atom. The number of carbonyl (C=O) groups is 1. The van der Waals surface area contributed by atoms with E-state index < -0.39 is 5.82 Å². The number of rotatable bonds is 4. The van der Waals surface area contributed by atoms with E-state index in [1.165, 1.54) is 12.1 Å². The average molecular weight is 424 g/mol. The van der Waals surface area contributed by atoms with Crippen LogP contribution in [0.15, 0.2) is 72.8 Å². The Labute approximate surface area is 179 Å². The van der Waals surface area contributed by atoms with Crippen LogP contribution in [0.1, 0.15) is 22.8 Å². The molecule has 2 nitrogen and oxygen atoms in total. The summed E-state index contributed by atoms with van der Waals surface area (Å²) in [5, 5.41) is -0.136. The molecule has 1 fully saturated rings. The van der Waals surface area contributed by atoms with E-state index in [0.717, 1.165) is 22.8 Å². The molecule has 3 aromatic rings. The van der Waals surface area contributed by atoms with Gasteiger partial charge in [0.2, 0.25) is 5.91 Å². The molecule has 1 atom stereocenters. The molecule has 3 aromatic carbocycles. The van der Waals surface area contributed by atoms with Gasteiger partial charge in [0.25, 0.3) is 0 Å². The van der Waals surface area contributed by atoms with Crippen molar-refractivity contribution in [2.45, 2.75) is 18.1 Å². The second kappa shape index (κ2) is 9.43. The minimum Gasteiger partial charge on any atom is -0.342 e. The van der Waals surface area contributed by atoms with E-state index in [0.29, 0.717) is 37.2 Å². The summed E-state index contributed by atoms with van der Waals surface area (Å²) >= 11 is 1.59. The van der Waals surface area contributed by atoms with Crippen LogP contribution in [0.2, 0.25) is 0 Å². The van der Waals surface area contributed by atoms with Gasteiger partial charge in [-0.15, -0.1) is 0 Å². The van der Waals surface area contributed by atoms with Crippen LogP contribution in [0.5, 0.6) is 0 Å². The van der Waals surface area contributed by atoms with Crippen molar-refractivity contribution in [2.24, 2.45) is 0 Å². The SMILES string of the molecule is O=C(Cc1ccc(-c2ccccc2)cc1)N1CCSC(c2cc(F)ccc2F)CC1. The molecule has 5 heteroatoms. The molecule has 0 aromatic heterocycles. The van der Waals surface area contributed by atoms with Crippen molar-refractivity contribution in [1.29, 1.82) is 0 Å². The fourth-order valence-electron chi connectivity index (χ4n) is 3.76. The van der Waals surface area contributed by atoms with Gasteiger partial charge in [0.15, 0.2) is 0 Å². The molecule has 1 aliphatic heterocycles. The highest BCUT2D eigenvalue weighted by molar-refractivity contribution is 7.99. The highest BCUT2D eigenvalue weighted by Crippen LogP contribution is 2.36. The molecule has 0 aliphatic carbocycles. The van der Waals surface area contributed by atoms with E-state index in [1.54, 1.807) is 11.8 Å². The normalized spacial score (nSPS) is 16.9. The van der Waals surface area contributed by atoms with Crippen molar-refractivity contribution in [1.82, 2.24) is 4.90 Å². The number of amides is 1. The summed E-state index contributed by atoms with van der Waals surface area (Å²) < 4.78 is 27.7. The fourth-order valence-corrected chi connectivity index (χ4v) is 5.00. The summed E-state index contributed by atoms with van der Waals surface area (Å²) in [5.74, 6) is -0.0296. The molecule has 0 spiro atoms. The summed E-state index contributed by atoms with van der Waals surface area (Å²) in [4.78, 5) is 14.7. The van der Waals surface area contributed by atoms with E-state index >= 15 is 0 Å². The van der Waals surface area contributed by atoms with Gasteiger partial charge >= 0.3 is 0 Å². The van der Waals surface area contributed by atoms with Crippen molar-refractivity contribution in [3.8, 4) is 11.1 Å². The molecule has 4 rings (SSSR count). The van der Waals surface area contributed by atoms with Crippen molar-refractivity contribution in [3.63, 3.8) is 0 Å². The van der Waals surface area contributed by atoms with Gasteiger partial charge in [0.05, 0.1) is 6.42 Å². The summed E-state index contributed by atoms with van der Waals surface area (Å²) in [6, 6.07) is 21.8. The lowest BCUT2D eigenvalue weighted by Gasteiger charge is -2.20. The summed E-state index contributed by atoms with van der Waals surface area (Å²) in [6.07, 6.45) is 0.961. The van der Waals surface area contributed by atoms with Gasteiger partial charge < -0.3 is 4.90 Å². The van der Waals surface area contributed by atoms with E-state index in [4.69, 9.17) is 0 Å². The van der Waals surface area contributed by atoms with Crippen LogP contribution in [-0.2, 0) is 11.2 Å². The number of thioether (sulfide) groups is 1. The molecule has 30 heavy (non-hydrogen) atoms. The summed E-state index contributed by atoms with van der Waals surface area (Å²) in [6.45, 7) is 1.17. The van der Waals surface area contributed by atoms with Gasteiger partial charge in [-0.05, 0) is 41.3 Å². The Morgan fingerprint density at radius 1 is 0.933 bits per heavy atom. The first kappa shape index (κ1) is 20.6. The van der Waals surface area contributed by atoms with Crippen LogP contribution < -0.4 is 0 Å². The zero-order chi connectivity index (χ0) is 20.9. The molecule has 0 N–H and O–H groups in total. The maximum Gasteiger partial charge on any atom is 0.227 e. The molecule has 1 heterocycles. The predicted octanol–water partition coefficient (Wildman–Crippen LogP) is 5.88. The first-order valence-electron chi connectivity index (χ1n) is 10.1. The number of benzene rings is 3. The number of hydrogen-bond donors (Lipinski definition) is 0. The van der Waals surface area contributed by atoms with Crippen LogP contribution in [-0.4, -0.2) is 29.6 Å². The summed E-state index contributed by atoms with van der Waals surface area (Å²) in [5.41, 5.74) is 3.64. The van der Waals surface area contributed by atoms with Gasteiger partial charge in [-0.25, -0.2) is 8.78 Å². The third kappa shape index (κ3) is 4.90. The molecular formula is C25H23F2NOS. The van der Waals surface area contributed by atoms with Crippen LogP contribution in [0.25, 0.3) is 11.1 Å². The van der Waals surface area contributed by atoms with E-state index in [2.05, 4.69) is 12.1 Å². The number of carbonyl (C=O) groups excluding carboxylic acids is 1. The number of halogens is 2. The molecule has 154 valence electrons. The quantitative estimate of drug-likeness (QED) is 0.522. The molecule has 1 unspecified atom stereocenters. The summed E-state index contributed by atoms with van der Waals surface area (Å²) in [7, 11) is 0. The lowest BCUT2D eigenvalue weighted by molar-refractivity contribution is -0.130. The highest BCUT2D eigenvalue weighted by Gasteiger charge is 2.24. The van der Waals surface area contributed by atoms with Crippen molar-refractivity contribution >= 4 is 17.7 Å². The van der Waals surface area contributed by atoms with Gasteiger partial charge in [-0.1, -0.05) is 54.6 Å². The zero-order valence-corrected chi connectivity index (χ0v) is 17.4. The second-order valence-corrected chi connectivity index (χ2v) is 8.75. The number of hydrogen-bond acceptors (Lipinski definition) is 2. The maximum absolute atomic E-state index is 14.1. The zero-order valence-electron chi connectivity index (χ0n) is 16.6. The van der Waals surface area contributed by atoms with Crippen LogP contribution >= 0.6 is 11.8 Å². The van der Waals surface area contributed by atoms with Gasteiger partial charge in [0.1, 0.15) is 11.6 Å². The minimum atomic E-state index is -0.428. The first-order chi connectivity index (χ1) is 14.6. The molecule has 0 bridgehead atoms. The largest absolute Gasteiger partial charge is 0.342 e. The highest BCUT2D eigenvalue weighted by atomic mass is 32.2. The van der Waals surface area contributed by atoms with Crippen LogP contribution in [0.4, 0.5) is 8.78 Å². The Bertz CT molecular complexity index is 1010. The van der Waals surface area contributed by atoms with Crippen molar-refractivity contribution in [3.05, 3.63) is 95.6 Å². The fraction of sp³-hybridized carbons (Fsp3) is 0.240. The monoisotopic (exact) mass is 423 g/mol. The molecule has 1 aliphatic rings. The van der Waals surface area contributed by atoms with E-state index in [9.17, 15) is 13.6 Å². The first-order valence-corrected chi connectivity index (χ1v) is 11.1. The Balaban J connectivity index is 1.38. The smallest absolute Gasteiger partial charge is 0.227 e. The van der Waals surface area contributed by atoms with Crippen molar-refractivity contribution < 1.29 is 13.6 Å². The van der Waals surface area contributed by atoms with Gasteiger partial charge in [-0.3, -0.25) is 4.79 Å². The van der Waals surface area contributed by atoms with Crippen molar-refractivity contribution in [2.75, 3.05) is 18.8 Å². The standard InChI is InChI=1S/C25H23F2NOS/c26-21-10-11-23(27)22(17-21)24-12-13-28(14-15-30-24)25(29)16-18-6-8-20(9-7-18)19-4-2-1-3-5-19/h1-11,17,24H,12-16H2. The molecular weight excluding hydrogens is 400 g/mol. The second-order valence-electron chi connectivity index (χ2n) is 7.43. The number of nitrogens with zero attached hydrogens (tertiary/aromatic N) is 1.